The molecule has 0 aromatic rings. The fourth-order valence-corrected chi connectivity index (χ4v) is 2.47. The van der Waals surface area contributed by atoms with Crippen LogP contribution in [0.2, 0.25) is 0 Å². The van der Waals surface area contributed by atoms with E-state index in [2.05, 4.69) is 24.1 Å². The fraction of sp³-hybridized carbons (Fsp3) is 1.00. The van der Waals surface area contributed by atoms with Crippen LogP contribution in [-0.4, -0.2) is 48.8 Å². The molecule has 3 nitrogen and oxygen atoms in total. The van der Waals surface area contributed by atoms with Crippen molar-refractivity contribution >= 4 is 0 Å². The predicted molar refractivity (Wildman–Crippen MR) is 73.2 cm³/mol. The van der Waals surface area contributed by atoms with Crippen LogP contribution >= 0.6 is 0 Å². The molecule has 1 heterocycles. The maximum atomic E-state index is 9.31. The predicted octanol–water partition coefficient (Wildman–Crippen LogP) is 1.71. The van der Waals surface area contributed by atoms with Gasteiger partial charge in [-0.15, -0.1) is 0 Å². The highest BCUT2D eigenvalue weighted by Crippen LogP contribution is 2.16. The third-order valence-electron chi connectivity index (χ3n) is 3.45. The first-order valence-electron chi connectivity index (χ1n) is 7.19. The highest BCUT2D eigenvalue weighted by atomic mass is 16.3. The number of likely N-dealkylation sites (tertiary alicyclic amines) is 1. The van der Waals surface area contributed by atoms with Gasteiger partial charge in [0.2, 0.25) is 0 Å². The number of piperidine rings is 1. The van der Waals surface area contributed by atoms with Crippen LogP contribution in [0.1, 0.15) is 40.0 Å². The van der Waals surface area contributed by atoms with E-state index >= 15 is 0 Å². The first-order valence-corrected chi connectivity index (χ1v) is 7.19. The van der Waals surface area contributed by atoms with Crippen molar-refractivity contribution in [3.05, 3.63) is 0 Å². The van der Waals surface area contributed by atoms with Gasteiger partial charge in [-0.05, 0) is 57.7 Å². The van der Waals surface area contributed by atoms with Gasteiger partial charge >= 0.3 is 0 Å². The monoisotopic (exact) mass is 242 g/mol. The molecule has 2 atom stereocenters. The van der Waals surface area contributed by atoms with Crippen LogP contribution in [0.4, 0.5) is 0 Å². The lowest BCUT2D eigenvalue weighted by molar-refractivity contribution is 0.127. The number of nitrogens with zero attached hydrogens (tertiary/aromatic N) is 1. The molecule has 0 bridgehead atoms. The number of aliphatic hydroxyl groups excluding tert-OH is 1. The molecule has 1 saturated heterocycles. The van der Waals surface area contributed by atoms with Crippen molar-refractivity contribution in [2.24, 2.45) is 11.8 Å². The zero-order chi connectivity index (χ0) is 12.7. The molecule has 2 unspecified atom stereocenters. The summed E-state index contributed by atoms with van der Waals surface area (Å²) in [6.45, 7) is 12.1. The van der Waals surface area contributed by atoms with Crippen LogP contribution < -0.4 is 5.32 Å². The zero-order valence-corrected chi connectivity index (χ0v) is 11.8. The molecule has 102 valence electrons. The third kappa shape index (κ3) is 7.02. The Morgan fingerprint density at radius 3 is 2.76 bits per heavy atom. The summed E-state index contributed by atoms with van der Waals surface area (Å²) in [5, 5.41) is 12.9. The highest BCUT2D eigenvalue weighted by molar-refractivity contribution is 4.75. The Hall–Kier alpha value is -0.120. The molecular weight excluding hydrogens is 212 g/mol. The summed E-state index contributed by atoms with van der Waals surface area (Å²) in [6, 6.07) is 0. The molecule has 17 heavy (non-hydrogen) atoms. The van der Waals surface area contributed by atoms with Gasteiger partial charge in [0.1, 0.15) is 0 Å². The summed E-state index contributed by atoms with van der Waals surface area (Å²) in [5.41, 5.74) is 0. The molecule has 0 saturated carbocycles. The maximum Gasteiger partial charge on any atom is 0.0524 e. The molecule has 0 aliphatic carbocycles. The van der Waals surface area contributed by atoms with Crippen molar-refractivity contribution in [3.8, 4) is 0 Å². The van der Waals surface area contributed by atoms with Gasteiger partial charge in [0.25, 0.3) is 0 Å². The van der Waals surface area contributed by atoms with Crippen molar-refractivity contribution in [1.29, 1.82) is 0 Å². The second-order valence-electron chi connectivity index (χ2n) is 6.00. The number of nitrogens with one attached hydrogen (secondary N) is 1. The van der Waals surface area contributed by atoms with Crippen molar-refractivity contribution < 1.29 is 5.11 Å². The van der Waals surface area contributed by atoms with Crippen molar-refractivity contribution in [2.75, 3.05) is 32.7 Å². The Bertz CT molecular complexity index is 195. The van der Waals surface area contributed by atoms with Crippen LogP contribution in [0.15, 0.2) is 0 Å². The Morgan fingerprint density at radius 2 is 2.12 bits per heavy atom. The Labute approximate surface area is 107 Å². The summed E-state index contributed by atoms with van der Waals surface area (Å²) in [4.78, 5) is 2.51. The molecule has 0 spiro atoms. The standard InChI is InChI=1S/C14H30N2O/c1-12(2)9-15-10-14-5-4-7-16(11-14)8-6-13(3)17/h12-15,17H,4-11H2,1-3H3. The summed E-state index contributed by atoms with van der Waals surface area (Å²) < 4.78 is 0. The van der Waals surface area contributed by atoms with E-state index in [-0.39, 0.29) is 6.10 Å². The van der Waals surface area contributed by atoms with Crippen LogP contribution in [0.25, 0.3) is 0 Å². The van der Waals surface area contributed by atoms with E-state index in [1.54, 1.807) is 0 Å². The lowest BCUT2D eigenvalue weighted by Crippen LogP contribution is -2.41. The van der Waals surface area contributed by atoms with Gasteiger partial charge in [0.05, 0.1) is 6.10 Å². The largest absolute Gasteiger partial charge is 0.393 e. The number of rotatable bonds is 7. The maximum absolute atomic E-state index is 9.31. The molecule has 1 fully saturated rings. The van der Waals surface area contributed by atoms with Crippen molar-refractivity contribution in [3.63, 3.8) is 0 Å². The molecule has 3 heteroatoms. The minimum Gasteiger partial charge on any atom is -0.393 e. The summed E-state index contributed by atoms with van der Waals surface area (Å²) in [5.74, 6) is 1.54. The van der Waals surface area contributed by atoms with Gasteiger partial charge in [-0.2, -0.15) is 0 Å². The normalized spacial score (nSPS) is 24.2. The Morgan fingerprint density at radius 1 is 1.35 bits per heavy atom. The van der Waals surface area contributed by atoms with Gasteiger partial charge in [-0.25, -0.2) is 0 Å². The molecule has 0 aromatic heterocycles. The first-order chi connectivity index (χ1) is 8.08. The summed E-state index contributed by atoms with van der Waals surface area (Å²) in [6.07, 6.45) is 3.42. The van der Waals surface area contributed by atoms with E-state index < -0.39 is 0 Å². The average molecular weight is 242 g/mol. The minimum atomic E-state index is -0.158. The van der Waals surface area contributed by atoms with Crippen LogP contribution in [0.5, 0.6) is 0 Å². The van der Waals surface area contributed by atoms with E-state index in [0.29, 0.717) is 0 Å². The second-order valence-corrected chi connectivity index (χ2v) is 6.00. The third-order valence-corrected chi connectivity index (χ3v) is 3.45. The van der Waals surface area contributed by atoms with Gasteiger partial charge in [0.15, 0.2) is 0 Å². The van der Waals surface area contributed by atoms with E-state index in [1.165, 1.54) is 25.9 Å². The summed E-state index contributed by atoms with van der Waals surface area (Å²) >= 11 is 0. The van der Waals surface area contributed by atoms with Crippen molar-refractivity contribution in [2.45, 2.75) is 46.1 Å². The zero-order valence-electron chi connectivity index (χ0n) is 11.8. The van der Waals surface area contributed by atoms with Crippen LogP contribution in [-0.2, 0) is 0 Å². The molecule has 0 aromatic carbocycles. The van der Waals surface area contributed by atoms with E-state index in [0.717, 1.165) is 37.9 Å². The number of hydrogen-bond acceptors (Lipinski definition) is 3. The van der Waals surface area contributed by atoms with E-state index in [1.807, 2.05) is 6.92 Å². The smallest absolute Gasteiger partial charge is 0.0524 e. The highest BCUT2D eigenvalue weighted by Gasteiger charge is 2.19. The fourth-order valence-electron chi connectivity index (χ4n) is 2.47. The van der Waals surface area contributed by atoms with E-state index in [9.17, 15) is 5.11 Å². The number of aliphatic hydroxyl groups is 1. The van der Waals surface area contributed by atoms with Gasteiger partial charge in [0, 0.05) is 13.1 Å². The second kappa shape index (κ2) is 8.06. The molecule has 0 amide bonds. The number of hydrogen-bond donors (Lipinski definition) is 2. The average Bonchev–Trinajstić information content (AvgIpc) is 2.26. The van der Waals surface area contributed by atoms with Crippen LogP contribution in [0, 0.1) is 11.8 Å². The van der Waals surface area contributed by atoms with Crippen molar-refractivity contribution in [1.82, 2.24) is 10.2 Å². The molecule has 2 N–H and O–H groups in total. The van der Waals surface area contributed by atoms with E-state index in [4.69, 9.17) is 0 Å². The Balaban J connectivity index is 2.14. The van der Waals surface area contributed by atoms with Gasteiger partial charge in [-0.3, -0.25) is 0 Å². The molecular formula is C14H30N2O. The summed E-state index contributed by atoms with van der Waals surface area (Å²) in [7, 11) is 0. The van der Waals surface area contributed by atoms with Crippen LogP contribution in [0.3, 0.4) is 0 Å². The lowest BCUT2D eigenvalue weighted by Gasteiger charge is -2.33. The molecule has 1 aliphatic rings. The molecule has 1 aliphatic heterocycles. The Kier molecular flexibility index (Phi) is 7.09. The quantitative estimate of drug-likeness (QED) is 0.713. The minimum absolute atomic E-state index is 0.158. The SMILES string of the molecule is CC(C)CNCC1CCCN(CCC(C)O)C1. The molecule has 1 rings (SSSR count). The van der Waals surface area contributed by atoms with Gasteiger partial charge in [-0.1, -0.05) is 13.8 Å². The first kappa shape index (κ1) is 14.9. The lowest BCUT2D eigenvalue weighted by atomic mass is 9.97. The topological polar surface area (TPSA) is 35.5 Å². The van der Waals surface area contributed by atoms with Gasteiger partial charge < -0.3 is 15.3 Å². The molecule has 0 radical (unpaired) electrons.